The summed E-state index contributed by atoms with van der Waals surface area (Å²) in [6, 6.07) is 7.71. The summed E-state index contributed by atoms with van der Waals surface area (Å²) in [5, 5.41) is 6.77. The fourth-order valence-corrected chi connectivity index (χ4v) is 5.69. The van der Waals surface area contributed by atoms with Gasteiger partial charge in [0.15, 0.2) is 10.8 Å². The molecule has 3 aromatic heterocycles. The first kappa shape index (κ1) is 25.2. The summed E-state index contributed by atoms with van der Waals surface area (Å²) in [6.07, 6.45) is 9.48. The average Bonchev–Trinajstić information content (AvgIpc) is 3.60. The maximum Gasteiger partial charge on any atom is 0.343 e. The van der Waals surface area contributed by atoms with E-state index in [4.69, 9.17) is 9.84 Å². The molecule has 0 bridgehead atoms. The number of hydrogen-bond acceptors (Lipinski definition) is 6. The Balaban J connectivity index is 1.48. The van der Waals surface area contributed by atoms with E-state index < -0.39 is 5.97 Å². The Labute approximate surface area is 220 Å². The number of nitrogens with zero attached hydrogens (tertiary/aromatic N) is 5. The van der Waals surface area contributed by atoms with Crippen molar-refractivity contribution in [2.75, 3.05) is 11.5 Å². The maximum absolute atomic E-state index is 13.7. The Morgan fingerprint density at radius 1 is 1.14 bits per heavy atom. The number of carbonyl (C=O) groups excluding carboxylic acids is 2. The molecule has 5 rings (SSSR count). The molecule has 0 spiro atoms. The molecule has 1 amide bonds. The van der Waals surface area contributed by atoms with Crippen molar-refractivity contribution in [1.29, 1.82) is 0 Å². The van der Waals surface area contributed by atoms with Gasteiger partial charge in [0.05, 0.1) is 18.0 Å². The van der Waals surface area contributed by atoms with E-state index in [1.54, 1.807) is 34.0 Å². The Bertz CT molecular complexity index is 1360. The third-order valence-electron chi connectivity index (χ3n) is 7.06. The largest absolute Gasteiger partial charge is 0.462 e. The van der Waals surface area contributed by atoms with Crippen LogP contribution in [0.3, 0.4) is 0 Å². The van der Waals surface area contributed by atoms with Gasteiger partial charge in [-0.05, 0) is 64.5 Å². The van der Waals surface area contributed by atoms with Gasteiger partial charge in [-0.25, -0.2) is 14.5 Å². The number of rotatable bonds is 7. The number of imidazole rings is 1. The highest BCUT2D eigenvalue weighted by Crippen LogP contribution is 2.33. The molecule has 0 unspecified atom stereocenters. The second kappa shape index (κ2) is 10.5. The molecule has 1 aromatic carbocycles. The van der Waals surface area contributed by atoms with Crippen LogP contribution in [-0.2, 0) is 9.53 Å². The molecule has 3 heterocycles. The predicted molar refractivity (Wildman–Crippen MR) is 145 cm³/mol. The zero-order valence-corrected chi connectivity index (χ0v) is 22.6. The van der Waals surface area contributed by atoms with E-state index in [-0.39, 0.29) is 24.5 Å². The number of benzene rings is 1. The van der Waals surface area contributed by atoms with E-state index in [1.807, 2.05) is 60.3 Å². The van der Waals surface area contributed by atoms with Crippen molar-refractivity contribution in [1.82, 2.24) is 19.2 Å². The predicted octanol–water partition coefficient (Wildman–Crippen LogP) is 5.99. The van der Waals surface area contributed by atoms with Crippen LogP contribution >= 0.6 is 11.3 Å². The van der Waals surface area contributed by atoms with Gasteiger partial charge < -0.3 is 4.74 Å². The number of ether oxygens (including phenoxy) is 1. The number of anilines is 1. The molecule has 1 aliphatic rings. The van der Waals surface area contributed by atoms with Crippen molar-refractivity contribution in [3.05, 3.63) is 53.8 Å². The van der Waals surface area contributed by atoms with Crippen LogP contribution in [-0.4, -0.2) is 43.7 Å². The highest BCUT2D eigenvalue weighted by molar-refractivity contribution is 7.15. The lowest BCUT2D eigenvalue weighted by Gasteiger charge is -2.32. The number of carbonyl (C=O) groups is 2. The summed E-state index contributed by atoms with van der Waals surface area (Å²) in [6.45, 7) is 8.18. The molecule has 0 aliphatic heterocycles. The molecule has 194 valence electrons. The minimum absolute atomic E-state index is 0.0350. The van der Waals surface area contributed by atoms with E-state index in [0.717, 1.165) is 47.6 Å². The van der Waals surface area contributed by atoms with E-state index >= 15 is 0 Å². The van der Waals surface area contributed by atoms with E-state index in [9.17, 15) is 9.59 Å². The van der Waals surface area contributed by atoms with Gasteiger partial charge in [-0.15, -0.1) is 16.4 Å². The van der Waals surface area contributed by atoms with Gasteiger partial charge in [0.25, 0.3) is 0 Å². The second-order valence-corrected chi connectivity index (χ2v) is 10.9. The van der Waals surface area contributed by atoms with Crippen LogP contribution < -0.4 is 4.90 Å². The third-order valence-corrected chi connectivity index (χ3v) is 7.83. The Kier molecular flexibility index (Phi) is 7.15. The minimum atomic E-state index is -0.478. The van der Waals surface area contributed by atoms with Gasteiger partial charge in [0.1, 0.15) is 5.56 Å². The molecule has 1 saturated carbocycles. The monoisotopic (exact) mass is 519 g/mol. The van der Waals surface area contributed by atoms with Crippen molar-refractivity contribution in [2.45, 2.75) is 59.4 Å². The number of fused-ring (bicyclic) bond motifs is 1. The van der Waals surface area contributed by atoms with Gasteiger partial charge >= 0.3 is 5.97 Å². The van der Waals surface area contributed by atoms with Crippen LogP contribution in [0.15, 0.2) is 48.2 Å². The van der Waals surface area contributed by atoms with Crippen molar-refractivity contribution in [2.24, 2.45) is 11.8 Å². The van der Waals surface area contributed by atoms with E-state index in [0.29, 0.717) is 17.3 Å². The normalized spacial score (nSPS) is 17.9. The fourth-order valence-electron chi connectivity index (χ4n) is 4.99. The Morgan fingerprint density at radius 3 is 2.51 bits per heavy atom. The minimum Gasteiger partial charge on any atom is -0.462 e. The summed E-state index contributed by atoms with van der Waals surface area (Å²) >= 11 is 1.59. The Hall–Kier alpha value is -3.46. The lowest BCUT2D eigenvalue weighted by molar-refractivity contribution is -0.124. The van der Waals surface area contributed by atoms with Crippen LogP contribution in [0, 0.1) is 11.8 Å². The van der Waals surface area contributed by atoms with Crippen LogP contribution in [0.4, 0.5) is 5.82 Å². The summed E-state index contributed by atoms with van der Waals surface area (Å²) in [4.78, 5) is 34.0. The first-order valence-electron chi connectivity index (χ1n) is 13.0. The van der Waals surface area contributed by atoms with Crippen LogP contribution in [0.5, 0.6) is 0 Å². The summed E-state index contributed by atoms with van der Waals surface area (Å²) in [5.41, 5.74) is 2.96. The lowest BCUT2D eigenvalue weighted by Crippen LogP contribution is -2.43. The highest BCUT2D eigenvalue weighted by atomic mass is 32.1. The highest BCUT2D eigenvalue weighted by Gasteiger charge is 2.34. The standard InChI is InChI=1S/C28H33N5O3S/c1-5-36-27(35)23-16-32(22-12-10-20(11-13-22)24-17-31-14-15-37-28(31)29-24)30-25(23)33(18(2)3)26(34)21-8-6-19(4)7-9-21/h10-19,21H,5-9H2,1-4H3/t19-,21-. The number of esters is 1. The van der Waals surface area contributed by atoms with Crippen LogP contribution in [0.2, 0.25) is 0 Å². The third kappa shape index (κ3) is 5.05. The average molecular weight is 520 g/mol. The first-order chi connectivity index (χ1) is 17.9. The van der Waals surface area contributed by atoms with E-state index in [1.165, 1.54) is 0 Å². The lowest BCUT2D eigenvalue weighted by atomic mass is 9.82. The smallest absolute Gasteiger partial charge is 0.343 e. The van der Waals surface area contributed by atoms with Gasteiger partial charge in [-0.3, -0.25) is 14.1 Å². The van der Waals surface area contributed by atoms with Crippen LogP contribution in [0.25, 0.3) is 21.9 Å². The quantitative estimate of drug-likeness (QED) is 0.280. The van der Waals surface area contributed by atoms with Crippen LogP contribution in [0.1, 0.15) is 63.7 Å². The van der Waals surface area contributed by atoms with Crippen molar-refractivity contribution < 1.29 is 14.3 Å². The molecule has 0 saturated heterocycles. The van der Waals surface area contributed by atoms with Crippen molar-refractivity contribution in [3.8, 4) is 16.9 Å². The second-order valence-electron chi connectivity index (χ2n) is 10.1. The summed E-state index contributed by atoms with van der Waals surface area (Å²) in [7, 11) is 0. The zero-order chi connectivity index (χ0) is 26.1. The zero-order valence-electron chi connectivity index (χ0n) is 21.8. The molecule has 0 radical (unpaired) electrons. The fraction of sp³-hybridized carbons (Fsp3) is 0.429. The molecular weight excluding hydrogens is 486 g/mol. The molecule has 0 atom stereocenters. The summed E-state index contributed by atoms with van der Waals surface area (Å²) < 4.78 is 9.00. The number of hydrogen-bond donors (Lipinski definition) is 0. The molecule has 37 heavy (non-hydrogen) atoms. The molecule has 4 aromatic rings. The molecule has 8 nitrogen and oxygen atoms in total. The summed E-state index contributed by atoms with van der Waals surface area (Å²) in [5.74, 6) is 0.507. The molecule has 1 fully saturated rings. The number of thiazole rings is 1. The maximum atomic E-state index is 13.7. The first-order valence-corrected chi connectivity index (χ1v) is 13.9. The Morgan fingerprint density at radius 2 is 1.86 bits per heavy atom. The molecule has 1 aliphatic carbocycles. The SMILES string of the molecule is CCOC(=O)c1cn(-c2ccc(-c3cn4ccsc4n3)cc2)nc1N(C(=O)[C@H]1CC[C@H](C)CC1)C(C)C. The molecule has 0 N–H and O–H groups in total. The van der Waals surface area contributed by atoms with Gasteiger partial charge in [-0.2, -0.15) is 0 Å². The van der Waals surface area contributed by atoms with Crippen molar-refractivity contribution >= 4 is 34.0 Å². The van der Waals surface area contributed by atoms with Gasteiger partial charge in [0.2, 0.25) is 5.91 Å². The number of aromatic nitrogens is 4. The van der Waals surface area contributed by atoms with Gasteiger partial charge in [0, 0.05) is 41.5 Å². The van der Waals surface area contributed by atoms with E-state index in [2.05, 4.69) is 11.9 Å². The van der Waals surface area contributed by atoms with Gasteiger partial charge in [-0.1, -0.05) is 19.1 Å². The molecular formula is C28H33N5O3S. The topological polar surface area (TPSA) is 81.7 Å². The molecule has 9 heteroatoms. The number of amides is 1. The van der Waals surface area contributed by atoms with Crippen molar-refractivity contribution in [3.63, 3.8) is 0 Å².